The smallest absolute Gasteiger partial charge is 0.199 e. The molecule has 0 aliphatic carbocycles. The SMILES string of the molecule is COc1ccccc1-c1nn(CN2CCC[C@H]2c2cccs2)c(=S)n1C. The molecule has 1 fully saturated rings. The summed E-state index contributed by atoms with van der Waals surface area (Å²) >= 11 is 7.50. The first-order chi connectivity index (χ1) is 12.7. The Morgan fingerprint density at radius 1 is 1.27 bits per heavy atom. The Balaban J connectivity index is 1.65. The van der Waals surface area contributed by atoms with Crippen LogP contribution in [-0.4, -0.2) is 32.9 Å². The van der Waals surface area contributed by atoms with Gasteiger partial charge < -0.3 is 9.30 Å². The largest absolute Gasteiger partial charge is 0.496 e. The fourth-order valence-electron chi connectivity index (χ4n) is 3.61. The van der Waals surface area contributed by atoms with Gasteiger partial charge in [-0.05, 0) is 48.6 Å². The van der Waals surface area contributed by atoms with E-state index >= 15 is 0 Å². The number of thiophene rings is 1. The highest BCUT2D eigenvalue weighted by Gasteiger charge is 2.27. The topological polar surface area (TPSA) is 35.2 Å². The van der Waals surface area contributed by atoms with Crippen molar-refractivity contribution in [1.29, 1.82) is 0 Å². The second kappa shape index (κ2) is 7.34. The van der Waals surface area contributed by atoms with Crippen LogP contribution in [0.4, 0.5) is 0 Å². The van der Waals surface area contributed by atoms with E-state index in [4.69, 9.17) is 22.1 Å². The molecule has 4 rings (SSSR count). The van der Waals surface area contributed by atoms with Crippen molar-refractivity contribution in [2.24, 2.45) is 7.05 Å². The summed E-state index contributed by atoms with van der Waals surface area (Å²) < 4.78 is 10.1. The number of hydrogen-bond donors (Lipinski definition) is 0. The van der Waals surface area contributed by atoms with E-state index in [9.17, 15) is 0 Å². The zero-order valence-electron chi connectivity index (χ0n) is 15.0. The van der Waals surface area contributed by atoms with Crippen molar-refractivity contribution in [3.8, 4) is 17.1 Å². The van der Waals surface area contributed by atoms with E-state index in [-0.39, 0.29) is 0 Å². The summed E-state index contributed by atoms with van der Waals surface area (Å²) in [6.07, 6.45) is 2.40. The highest BCUT2D eigenvalue weighted by Crippen LogP contribution is 2.35. The molecule has 0 saturated carbocycles. The Hall–Kier alpha value is -1.96. The van der Waals surface area contributed by atoms with Crippen LogP contribution in [-0.2, 0) is 13.7 Å². The summed E-state index contributed by atoms with van der Waals surface area (Å²) in [7, 11) is 3.65. The minimum absolute atomic E-state index is 0.466. The molecule has 7 heteroatoms. The number of hydrogen-bond acceptors (Lipinski definition) is 5. The first kappa shape index (κ1) is 17.5. The van der Waals surface area contributed by atoms with Gasteiger partial charge in [0.05, 0.1) is 19.3 Å². The predicted molar refractivity (Wildman–Crippen MR) is 107 cm³/mol. The number of ether oxygens (including phenoxy) is 1. The summed E-state index contributed by atoms with van der Waals surface area (Å²) in [6.45, 7) is 1.79. The Bertz CT molecular complexity index is 945. The summed E-state index contributed by atoms with van der Waals surface area (Å²) in [5.74, 6) is 1.64. The molecular weight excluding hydrogens is 364 g/mol. The summed E-state index contributed by atoms with van der Waals surface area (Å²) in [5, 5.41) is 6.98. The molecule has 2 aromatic heterocycles. The van der Waals surface area contributed by atoms with Gasteiger partial charge in [0.15, 0.2) is 10.6 Å². The Kier molecular flexibility index (Phi) is 4.93. The molecule has 1 aliphatic rings. The van der Waals surface area contributed by atoms with E-state index in [0.717, 1.165) is 28.5 Å². The van der Waals surface area contributed by atoms with Crippen LogP contribution in [0.5, 0.6) is 5.75 Å². The van der Waals surface area contributed by atoms with E-state index in [0.29, 0.717) is 12.7 Å². The van der Waals surface area contributed by atoms with Gasteiger partial charge in [0, 0.05) is 24.5 Å². The van der Waals surface area contributed by atoms with Gasteiger partial charge in [-0.3, -0.25) is 4.90 Å². The Labute approximate surface area is 162 Å². The van der Waals surface area contributed by atoms with Crippen LogP contribution in [0.3, 0.4) is 0 Å². The molecule has 0 spiro atoms. The van der Waals surface area contributed by atoms with E-state index < -0.39 is 0 Å². The molecule has 26 heavy (non-hydrogen) atoms. The molecule has 0 bridgehead atoms. The highest BCUT2D eigenvalue weighted by atomic mass is 32.1. The maximum Gasteiger partial charge on any atom is 0.199 e. The molecular formula is C19H22N4OS2. The molecule has 1 aliphatic heterocycles. The number of aromatic nitrogens is 3. The van der Waals surface area contributed by atoms with Crippen LogP contribution < -0.4 is 4.74 Å². The average molecular weight is 387 g/mol. The summed E-state index contributed by atoms with van der Waals surface area (Å²) in [5.41, 5.74) is 0.957. The third kappa shape index (κ3) is 3.11. The van der Waals surface area contributed by atoms with Gasteiger partial charge in [0.1, 0.15) is 5.75 Å². The Morgan fingerprint density at radius 3 is 2.88 bits per heavy atom. The van der Waals surface area contributed by atoms with E-state index in [1.165, 1.54) is 17.7 Å². The van der Waals surface area contributed by atoms with Crippen molar-refractivity contribution in [3.05, 3.63) is 51.4 Å². The van der Waals surface area contributed by atoms with Crippen LogP contribution in [0.25, 0.3) is 11.4 Å². The number of methoxy groups -OCH3 is 1. The van der Waals surface area contributed by atoms with Crippen molar-refractivity contribution in [1.82, 2.24) is 19.2 Å². The summed E-state index contributed by atoms with van der Waals surface area (Å²) in [6, 6.07) is 12.7. The van der Waals surface area contributed by atoms with Crippen molar-refractivity contribution < 1.29 is 4.74 Å². The zero-order chi connectivity index (χ0) is 18.1. The van der Waals surface area contributed by atoms with Crippen LogP contribution >= 0.6 is 23.6 Å². The minimum atomic E-state index is 0.466. The second-order valence-corrected chi connectivity index (χ2v) is 7.84. The fourth-order valence-corrected chi connectivity index (χ4v) is 4.69. The number of likely N-dealkylation sites (tertiary alicyclic amines) is 1. The van der Waals surface area contributed by atoms with Gasteiger partial charge >= 0.3 is 0 Å². The van der Waals surface area contributed by atoms with E-state index in [1.54, 1.807) is 7.11 Å². The average Bonchev–Trinajstić information content (AvgIpc) is 3.39. The molecule has 1 atom stereocenters. The lowest BCUT2D eigenvalue weighted by molar-refractivity contribution is 0.192. The molecule has 3 heterocycles. The standard InChI is InChI=1S/C19H22N4OS2/c1-21-18(14-7-3-4-9-16(14)24-2)20-23(19(21)25)13-22-11-5-8-15(22)17-10-6-12-26-17/h3-4,6-7,9-10,12,15H,5,8,11,13H2,1-2H3/t15-/m0/s1. The third-order valence-electron chi connectivity index (χ3n) is 4.94. The maximum atomic E-state index is 5.67. The van der Waals surface area contributed by atoms with Crippen molar-refractivity contribution in [2.75, 3.05) is 13.7 Å². The molecule has 0 amide bonds. The van der Waals surface area contributed by atoms with Gasteiger partial charge in [-0.1, -0.05) is 18.2 Å². The second-order valence-electron chi connectivity index (χ2n) is 6.49. The monoisotopic (exact) mass is 386 g/mol. The van der Waals surface area contributed by atoms with Crippen molar-refractivity contribution >= 4 is 23.6 Å². The van der Waals surface area contributed by atoms with Gasteiger partial charge in [0.2, 0.25) is 0 Å². The Morgan fingerprint density at radius 2 is 2.12 bits per heavy atom. The predicted octanol–water partition coefficient (Wildman–Crippen LogP) is 4.48. The van der Waals surface area contributed by atoms with Crippen LogP contribution in [0.2, 0.25) is 0 Å². The van der Waals surface area contributed by atoms with E-state index in [2.05, 4.69) is 22.4 Å². The maximum absolute atomic E-state index is 5.67. The fraction of sp³-hybridized carbons (Fsp3) is 0.368. The van der Waals surface area contributed by atoms with Gasteiger partial charge in [-0.25, -0.2) is 4.68 Å². The molecule has 3 aromatic rings. The van der Waals surface area contributed by atoms with E-state index in [1.807, 2.05) is 51.9 Å². The molecule has 0 N–H and O–H groups in total. The molecule has 5 nitrogen and oxygen atoms in total. The summed E-state index contributed by atoms with van der Waals surface area (Å²) in [4.78, 5) is 3.90. The molecule has 1 aromatic carbocycles. The van der Waals surface area contributed by atoms with Gasteiger partial charge in [-0.2, -0.15) is 5.10 Å². The lowest BCUT2D eigenvalue weighted by Crippen LogP contribution is -2.26. The quantitative estimate of drug-likeness (QED) is 0.606. The number of nitrogens with zero attached hydrogens (tertiary/aromatic N) is 4. The number of para-hydroxylation sites is 1. The molecule has 1 saturated heterocycles. The van der Waals surface area contributed by atoms with Gasteiger partial charge in [0.25, 0.3) is 0 Å². The first-order valence-corrected chi connectivity index (χ1v) is 10.0. The van der Waals surface area contributed by atoms with Gasteiger partial charge in [-0.15, -0.1) is 11.3 Å². The van der Waals surface area contributed by atoms with Crippen molar-refractivity contribution in [3.63, 3.8) is 0 Å². The molecule has 0 radical (unpaired) electrons. The molecule has 136 valence electrons. The molecule has 0 unspecified atom stereocenters. The van der Waals surface area contributed by atoms with Crippen LogP contribution in [0, 0.1) is 4.77 Å². The number of rotatable bonds is 5. The number of benzene rings is 1. The lowest BCUT2D eigenvalue weighted by Gasteiger charge is -2.23. The first-order valence-electron chi connectivity index (χ1n) is 8.73. The highest BCUT2D eigenvalue weighted by molar-refractivity contribution is 7.71. The normalized spacial score (nSPS) is 17.7. The van der Waals surface area contributed by atoms with Crippen LogP contribution in [0.1, 0.15) is 23.8 Å². The minimum Gasteiger partial charge on any atom is -0.496 e. The van der Waals surface area contributed by atoms with Crippen molar-refractivity contribution in [2.45, 2.75) is 25.6 Å². The zero-order valence-corrected chi connectivity index (χ0v) is 16.6. The van der Waals surface area contributed by atoms with Crippen LogP contribution in [0.15, 0.2) is 41.8 Å². The lowest BCUT2D eigenvalue weighted by atomic mass is 10.2. The third-order valence-corrected chi connectivity index (χ3v) is 6.40.